The molecule has 2 N–H and O–H groups in total. The highest BCUT2D eigenvalue weighted by atomic mass is 19.3. The summed E-state index contributed by atoms with van der Waals surface area (Å²) in [5.74, 6) is -0.795. The lowest BCUT2D eigenvalue weighted by Gasteiger charge is -2.10. The van der Waals surface area contributed by atoms with Gasteiger partial charge in [0.15, 0.2) is 0 Å². The number of fused-ring (bicyclic) bond motifs is 1. The molecule has 0 bridgehead atoms. The lowest BCUT2D eigenvalue weighted by molar-refractivity contribution is 0.151. The zero-order chi connectivity index (χ0) is 22.2. The van der Waals surface area contributed by atoms with Crippen molar-refractivity contribution in [2.45, 2.75) is 19.9 Å². The van der Waals surface area contributed by atoms with Crippen molar-refractivity contribution in [2.24, 2.45) is 4.99 Å². The molecular weight excluding hydrogens is 405 g/mol. The van der Waals surface area contributed by atoms with E-state index in [1.807, 2.05) is 48.0 Å². The number of carbonyl (C=O) groups excluding carboxylic acids is 1. The molecule has 3 rings (SSSR count). The molecule has 8 heteroatoms. The number of anilines is 2. The molecule has 0 radical (unpaired) electrons. The molecule has 3 aromatic rings. The van der Waals surface area contributed by atoms with Crippen molar-refractivity contribution in [3.63, 3.8) is 0 Å². The fourth-order valence-electron chi connectivity index (χ4n) is 2.92. The van der Waals surface area contributed by atoms with Crippen LogP contribution < -0.4 is 10.6 Å². The van der Waals surface area contributed by atoms with Crippen molar-refractivity contribution in [1.82, 2.24) is 4.57 Å². The van der Waals surface area contributed by atoms with Crippen LogP contribution in [0.5, 0.6) is 0 Å². The second-order valence-corrected chi connectivity index (χ2v) is 6.57. The summed E-state index contributed by atoms with van der Waals surface area (Å²) < 4.78 is 41.4. The Morgan fingerprint density at radius 2 is 2.00 bits per heavy atom. The summed E-state index contributed by atoms with van der Waals surface area (Å²) in [4.78, 5) is 16.2. The van der Waals surface area contributed by atoms with Gasteiger partial charge in [0.1, 0.15) is 5.82 Å². The fourth-order valence-corrected chi connectivity index (χ4v) is 2.92. The summed E-state index contributed by atoms with van der Waals surface area (Å²) in [6.45, 7) is 2.54. The minimum Gasteiger partial charge on any atom is -0.344 e. The van der Waals surface area contributed by atoms with Gasteiger partial charge in [-0.1, -0.05) is 18.2 Å². The van der Waals surface area contributed by atoms with Gasteiger partial charge in [0.25, 0.3) is 6.43 Å². The Morgan fingerprint density at radius 1 is 1.16 bits per heavy atom. The normalized spacial score (nSPS) is 12.0. The number of hydrogen-bond donors (Lipinski definition) is 2. The summed E-state index contributed by atoms with van der Waals surface area (Å²) in [7, 11) is 0. The van der Waals surface area contributed by atoms with Gasteiger partial charge in [-0.15, -0.1) is 0 Å². The first-order chi connectivity index (χ1) is 15.0. The third-order valence-corrected chi connectivity index (χ3v) is 4.36. The van der Waals surface area contributed by atoms with Gasteiger partial charge in [-0.05, 0) is 49.4 Å². The largest absolute Gasteiger partial charge is 0.344 e. The zero-order valence-corrected chi connectivity index (χ0v) is 16.7. The molecule has 0 saturated heterocycles. The molecule has 0 unspecified atom stereocenters. The average Bonchev–Trinajstić information content (AvgIpc) is 3.14. The highest BCUT2D eigenvalue weighted by Gasteiger charge is 2.13. The van der Waals surface area contributed by atoms with Crippen molar-refractivity contribution in [3.05, 3.63) is 84.5 Å². The first-order valence-electron chi connectivity index (χ1n) is 9.52. The number of urea groups is 1. The SMILES string of the molecule is C\C=C/N=C\C=C\Cn1ccc2cc(NC(=O)Nc3cc(C(F)F)ccc3F)ccc21. The number of nitrogens with zero attached hydrogens (tertiary/aromatic N) is 2. The molecule has 0 aliphatic rings. The second kappa shape index (κ2) is 10.3. The molecule has 2 amide bonds. The third kappa shape index (κ3) is 5.85. The molecule has 0 spiro atoms. The summed E-state index contributed by atoms with van der Waals surface area (Å²) in [5.41, 5.74) is 0.771. The zero-order valence-electron chi connectivity index (χ0n) is 16.7. The Bertz CT molecular complexity index is 1150. The predicted octanol–water partition coefficient (Wildman–Crippen LogP) is 6.52. The Balaban J connectivity index is 1.66. The van der Waals surface area contributed by atoms with E-state index >= 15 is 0 Å². The topological polar surface area (TPSA) is 58.4 Å². The van der Waals surface area contributed by atoms with Crippen LogP contribution in [0, 0.1) is 5.82 Å². The third-order valence-electron chi connectivity index (χ3n) is 4.36. The average molecular weight is 426 g/mol. The number of hydrogen-bond acceptors (Lipinski definition) is 2. The van der Waals surface area contributed by atoms with Gasteiger partial charge >= 0.3 is 6.03 Å². The van der Waals surface area contributed by atoms with Crippen LogP contribution in [0.2, 0.25) is 0 Å². The van der Waals surface area contributed by atoms with Gasteiger partial charge in [0.2, 0.25) is 0 Å². The number of amides is 2. The van der Waals surface area contributed by atoms with Gasteiger partial charge in [0.05, 0.1) is 5.69 Å². The maximum atomic E-state index is 13.8. The molecule has 0 atom stereocenters. The molecule has 160 valence electrons. The van der Waals surface area contributed by atoms with Crippen LogP contribution >= 0.6 is 0 Å². The lowest BCUT2D eigenvalue weighted by Crippen LogP contribution is -2.20. The number of aromatic nitrogens is 1. The lowest BCUT2D eigenvalue weighted by atomic mass is 10.2. The maximum Gasteiger partial charge on any atom is 0.323 e. The van der Waals surface area contributed by atoms with Crippen LogP contribution in [-0.4, -0.2) is 16.8 Å². The Morgan fingerprint density at radius 3 is 2.77 bits per heavy atom. The highest BCUT2D eigenvalue weighted by Crippen LogP contribution is 2.25. The van der Waals surface area contributed by atoms with Crippen LogP contribution in [0.25, 0.3) is 10.9 Å². The van der Waals surface area contributed by atoms with E-state index in [9.17, 15) is 18.0 Å². The Hall–Kier alpha value is -3.81. The minimum absolute atomic E-state index is 0.313. The van der Waals surface area contributed by atoms with E-state index in [0.717, 1.165) is 29.1 Å². The molecule has 0 aliphatic heterocycles. The molecule has 0 aliphatic carbocycles. The van der Waals surface area contributed by atoms with Gasteiger partial charge in [-0.3, -0.25) is 4.99 Å². The predicted molar refractivity (Wildman–Crippen MR) is 118 cm³/mol. The first kappa shape index (κ1) is 21.9. The monoisotopic (exact) mass is 426 g/mol. The van der Waals surface area contributed by atoms with Gasteiger partial charge in [0, 0.05) is 47.3 Å². The summed E-state index contributed by atoms with van der Waals surface area (Å²) in [5, 5.41) is 5.76. The second-order valence-electron chi connectivity index (χ2n) is 6.57. The highest BCUT2D eigenvalue weighted by molar-refractivity contribution is 6.01. The Labute approximate surface area is 177 Å². The van der Waals surface area contributed by atoms with Crippen LogP contribution in [0.1, 0.15) is 18.9 Å². The van der Waals surface area contributed by atoms with Crippen molar-refractivity contribution in [2.75, 3.05) is 10.6 Å². The quantitative estimate of drug-likeness (QED) is 0.415. The van der Waals surface area contributed by atoms with E-state index in [1.165, 1.54) is 0 Å². The molecular formula is C23H21F3N4O. The van der Waals surface area contributed by atoms with Crippen molar-refractivity contribution >= 4 is 34.5 Å². The number of nitrogens with one attached hydrogen (secondary N) is 2. The molecule has 0 saturated carbocycles. The van der Waals surface area contributed by atoms with Gasteiger partial charge < -0.3 is 15.2 Å². The van der Waals surface area contributed by atoms with E-state index in [0.29, 0.717) is 12.2 Å². The van der Waals surface area contributed by atoms with E-state index in [-0.39, 0.29) is 11.3 Å². The molecule has 0 fully saturated rings. The first-order valence-corrected chi connectivity index (χ1v) is 9.52. The number of halogens is 3. The van der Waals surface area contributed by atoms with Crippen LogP contribution in [0.4, 0.5) is 29.3 Å². The van der Waals surface area contributed by atoms with Crippen LogP contribution in [0.3, 0.4) is 0 Å². The standard InChI is InChI=1S/C23H21F3N4O/c1-2-10-27-11-3-4-12-30-13-9-16-14-18(6-8-21(16)30)28-23(31)29-20-15-17(22(25)26)5-7-19(20)24/h2-11,13-15,22H,12H2,1H3,(H2,28,29,31)/b4-3+,10-2-,27-11-. The van der Waals surface area contributed by atoms with E-state index < -0.39 is 18.3 Å². The Kier molecular flexibility index (Phi) is 7.26. The van der Waals surface area contributed by atoms with E-state index in [2.05, 4.69) is 15.6 Å². The van der Waals surface area contributed by atoms with Gasteiger partial charge in [-0.2, -0.15) is 0 Å². The van der Waals surface area contributed by atoms with E-state index in [1.54, 1.807) is 24.5 Å². The van der Waals surface area contributed by atoms with Crippen LogP contribution in [0.15, 0.2) is 78.1 Å². The maximum absolute atomic E-state index is 13.8. The number of benzene rings is 2. The number of aliphatic imine (C=N–C) groups is 1. The van der Waals surface area contributed by atoms with Crippen LogP contribution in [-0.2, 0) is 6.54 Å². The van der Waals surface area contributed by atoms with Crippen molar-refractivity contribution in [3.8, 4) is 0 Å². The number of allylic oxidation sites excluding steroid dienone is 3. The number of carbonyl (C=O) groups is 1. The van der Waals surface area contributed by atoms with Crippen molar-refractivity contribution in [1.29, 1.82) is 0 Å². The summed E-state index contributed by atoms with van der Waals surface area (Å²) in [6.07, 6.45) is 8.23. The summed E-state index contributed by atoms with van der Waals surface area (Å²) in [6, 6.07) is 9.30. The fraction of sp³-hybridized carbons (Fsp3) is 0.130. The molecule has 31 heavy (non-hydrogen) atoms. The smallest absolute Gasteiger partial charge is 0.323 e. The minimum atomic E-state index is -2.76. The molecule has 5 nitrogen and oxygen atoms in total. The molecule has 2 aromatic carbocycles. The number of alkyl halides is 2. The van der Waals surface area contributed by atoms with E-state index in [4.69, 9.17) is 0 Å². The summed E-state index contributed by atoms with van der Waals surface area (Å²) >= 11 is 0. The molecule has 1 aromatic heterocycles. The van der Waals surface area contributed by atoms with Gasteiger partial charge in [-0.25, -0.2) is 18.0 Å². The number of rotatable bonds is 7. The van der Waals surface area contributed by atoms with Crippen molar-refractivity contribution < 1.29 is 18.0 Å². The molecule has 1 heterocycles.